The Morgan fingerprint density at radius 1 is 1.09 bits per heavy atom. The third-order valence-corrected chi connectivity index (χ3v) is 5.57. The number of ether oxygens (including phenoxy) is 2. The molecule has 0 spiro atoms. The predicted octanol–water partition coefficient (Wildman–Crippen LogP) is 5.00. The van der Waals surface area contributed by atoms with Gasteiger partial charge in [0.05, 0.1) is 12.3 Å². The lowest BCUT2D eigenvalue weighted by atomic mass is 10.1. The molecule has 1 N–H and O–H groups in total. The van der Waals surface area contributed by atoms with Crippen LogP contribution in [0.5, 0.6) is 11.5 Å². The second-order valence-electron chi connectivity index (χ2n) is 8.04. The molecule has 1 aliphatic rings. The molecule has 0 radical (unpaired) electrons. The summed E-state index contributed by atoms with van der Waals surface area (Å²) in [6, 6.07) is 20.8. The molecule has 4 rings (SSSR count). The van der Waals surface area contributed by atoms with Crippen molar-refractivity contribution in [3.8, 4) is 11.5 Å². The molecule has 0 fully saturated rings. The highest BCUT2D eigenvalue weighted by molar-refractivity contribution is 6.05. The lowest BCUT2D eigenvalue weighted by Gasteiger charge is -2.30. The van der Waals surface area contributed by atoms with Crippen LogP contribution in [0, 0.1) is 6.92 Å². The van der Waals surface area contributed by atoms with E-state index in [0.717, 1.165) is 17.7 Å². The van der Waals surface area contributed by atoms with Crippen molar-refractivity contribution in [1.29, 1.82) is 0 Å². The van der Waals surface area contributed by atoms with Crippen molar-refractivity contribution in [1.82, 2.24) is 0 Å². The van der Waals surface area contributed by atoms with Gasteiger partial charge in [0.25, 0.3) is 11.8 Å². The minimum Gasteiger partial charge on any atom is -0.494 e. The largest absolute Gasteiger partial charge is 0.494 e. The highest BCUT2D eigenvalue weighted by atomic mass is 16.5. The first kappa shape index (κ1) is 22.4. The standard InChI is InChI=1S/C27H28N2O4/c1-3-20-8-11-23(12-9-20)32-15-5-14-29-24-17-22(10-13-25(24)33-18-26(29)30)28-27(31)21-7-4-6-19(2)16-21/h4,6-13,16-17H,3,5,14-15,18H2,1-2H3,(H,28,31). The second-order valence-corrected chi connectivity index (χ2v) is 8.04. The topological polar surface area (TPSA) is 67.9 Å². The smallest absolute Gasteiger partial charge is 0.265 e. The van der Waals surface area contributed by atoms with Crippen molar-refractivity contribution < 1.29 is 19.1 Å². The Morgan fingerprint density at radius 2 is 1.91 bits per heavy atom. The van der Waals surface area contributed by atoms with Crippen LogP contribution >= 0.6 is 0 Å². The molecule has 3 aromatic carbocycles. The maximum Gasteiger partial charge on any atom is 0.265 e. The van der Waals surface area contributed by atoms with Gasteiger partial charge in [0, 0.05) is 17.8 Å². The first-order chi connectivity index (χ1) is 16.0. The number of nitrogens with zero attached hydrogens (tertiary/aromatic N) is 1. The molecule has 0 saturated carbocycles. The van der Waals surface area contributed by atoms with Crippen molar-refractivity contribution >= 4 is 23.2 Å². The Kier molecular flexibility index (Phi) is 6.93. The van der Waals surface area contributed by atoms with Crippen molar-refractivity contribution in [3.05, 3.63) is 83.4 Å². The minimum absolute atomic E-state index is 0.00132. The molecule has 0 bridgehead atoms. The molecule has 0 atom stereocenters. The van der Waals surface area contributed by atoms with E-state index in [0.29, 0.717) is 42.3 Å². The van der Waals surface area contributed by atoms with Crippen molar-refractivity contribution in [2.45, 2.75) is 26.7 Å². The van der Waals surface area contributed by atoms with Crippen LogP contribution in [0.3, 0.4) is 0 Å². The molecule has 0 saturated heterocycles. The molecule has 170 valence electrons. The zero-order chi connectivity index (χ0) is 23.2. The van der Waals surface area contributed by atoms with Gasteiger partial charge in [-0.05, 0) is 67.8 Å². The Balaban J connectivity index is 1.40. The quantitative estimate of drug-likeness (QED) is 0.496. The maximum absolute atomic E-state index is 12.6. The molecule has 1 heterocycles. The average molecular weight is 445 g/mol. The van der Waals surface area contributed by atoms with E-state index in [1.54, 1.807) is 29.2 Å². The van der Waals surface area contributed by atoms with Crippen LogP contribution < -0.4 is 19.7 Å². The number of nitrogens with one attached hydrogen (secondary N) is 1. The fraction of sp³-hybridized carbons (Fsp3) is 0.259. The van der Waals surface area contributed by atoms with Crippen LogP contribution in [0.25, 0.3) is 0 Å². The highest BCUT2D eigenvalue weighted by Crippen LogP contribution is 2.35. The first-order valence-corrected chi connectivity index (χ1v) is 11.2. The lowest BCUT2D eigenvalue weighted by Crippen LogP contribution is -2.39. The van der Waals surface area contributed by atoms with E-state index in [1.807, 2.05) is 37.3 Å². The fourth-order valence-electron chi connectivity index (χ4n) is 3.75. The first-order valence-electron chi connectivity index (χ1n) is 11.2. The number of benzene rings is 3. The molecule has 3 aromatic rings. The SMILES string of the molecule is CCc1ccc(OCCCN2C(=O)COc3ccc(NC(=O)c4cccc(C)c4)cc32)cc1. The van der Waals surface area contributed by atoms with E-state index < -0.39 is 0 Å². The molecule has 0 aliphatic carbocycles. The van der Waals surface area contributed by atoms with E-state index in [2.05, 4.69) is 24.4 Å². The van der Waals surface area contributed by atoms with Gasteiger partial charge in [0.1, 0.15) is 11.5 Å². The molecule has 1 aliphatic heterocycles. The van der Waals surface area contributed by atoms with Crippen LogP contribution in [-0.2, 0) is 11.2 Å². The zero-order valence-corrected chi connectivity index (χ0v) is 19.0. The average Bonchev–Trinajstić information content (AvgIpc) is 2.83. The van der Waals surface area contributed by atoms with Crippen molar-refractivity contribution in [2.24, 2.45) is 0 Å². The monoisotopic (exact) mass is 444 g/mol. The maximum atomic E-state index is 12.6. The van der Waals surface area contributed by atoms with Gasteiger partial charge >= 0.3 is 0 Å². The Bertz CT molecular complexity index is 1140. The molecule has 6 nitrogen and oxygen atoms in total. The van der Waals surface area contributed by atoms with Gasteiger partial charge in [-0.25, -0.2) is 0 Å². The Morgan fingerprint density at radius 3 is 2.67 bits per heavy atom. The van der Waals surface area contributed by atoms with E-state index in [9.17, 15) is 9.59 Å². The summed E-state index contributed by atoms with van der Waals surface area (Å²) in [5, 5.41) is 2.91. The summed E-state index contributed by atoms with van der Waals surface area (Å²) < 4.78 is 11.4. The van der Waals surface area contributed by atoms with Crippen LogP contribution in [-0.4, -0.2) is 31.6 Å². The van der Waals surface area contributed by atoms with Crippen LogP contribution in [0.15, 0.2) is 66.7 Å². The lowest BCUT2D eigenvalue weighted by molar-refractivity contribution is -0.121. The number of amides is 2. The van der Waals surface area contributed by atoms with Gasteiger partial charge in [-0.1, -0.05) is 36.8 Å². The number of rotatable bonds is 8. The van der Waals surface area contributed by atoms with Gasteiger partial charge in [-0.2, -0.15) is 0 Å². The number of carbonyl (C=O) groups excluding carboxylic acids is 2. The molecule has 0 aromatic heterocycles. The van der Waals surface area contributed by atoms with E-state index >= 15 is 0 Å². The molecule has 6 heteroatoms. The number of aryl methyl sites for hydroxylation is 2. The van der Waals surface area contributed by atoms with E-state index in [1.165, 1.54) is 5.56 Å². The summed E-state index contributed by atoms with van der Waals surface area (Å²) in [6.07, 6.45) is 1.66. The summed E-state index contributed by atoms with van der Waals surface area (Å²) in [5.41, 5.74) is 4.13. The summed E-state index contributed by atoms with van der Waals surface area (Å²) >= 11 is 0. The molecular weight excluding hydrogens is 416 g/mol. The normalized spacial score (nSPS) is 12.7. The number of hydrogen-bond donors (Lipinski definition) is 1. The second kappa shape index (κ2) is 10.2. The predicted molar refractivity (Wildman–Crippen MR) is 129 cm³/mol. The summed E-state index contributed by atoms with van der Waals surface area (Å²) in [7, 11) is 0. The summed E-state index contributed by atoms with van der Waals surface area (Å²) in [6.45, 7) is 5.06. The molecule has 0 unspecified atom stereocenters. The van der Waals surface area contributed by atoms with Crippen molar-refractivity contribution in [3.63, 3.8) is 0 Å². The number of hydrogen-bond acceptors (Lipinski definition) is 4. The van der Waals surface area contributed by atoms with Gasteiger partial charge in [-0.15, -0.1) is 0 Å². The van der Waals surface area contributed by atoms with Gasteiger partial charge in [0.15, 0.2) is 6.61 Å². The number of carbonyl (C=O) groups is 2. The summed E-state index contributed by atoms with van der Waals surface area (Å²) in [5.74, 6) is 1.13. The van der Waals surface area contributed by atoms with Gasteiger partial charge in [0.2, 0.25) is 0 Å². The van der Waals surface area contributed by atoms with Crippen LogP contribution in [0.1, 0.15) is 34.8 Å². The van der Waals surface area contributed by atoms with Crippen LogP contribution in [0.4, 0.5) is 11.4 Å². The minimum atomic E-state index is -0.198. The number of fused-ring (bicyclic) bond motifs is 1. The zero-order valence-electron chi connectivity index (χ0n) is 19.0. The molecular formula is C27H28N2O4. The van der Waals surface area contributed by atoms with Crippen LogP contribution in [0.2, 0.25) is 0 Å². The van der Waals surface area contributed by atoms with Gasteiger partial charge < -0.3 is 19.7 Å². The molecule has 2 amide bonds. The van der Waals surface area contributed by atoms with E-state index in [-0.39, 0.29) is 18.4 Å². The highest BCUT2D eigenvalue weighted by Gasteiger charge is 2.25. The number of anilines is 2. The van der Waals surface area contributed by atoms with Crippen molar-refractivity contribution in [2.75, 3.05) is 30.0 Å². The summed E-state index contributed by atoms with van der Waals surface area (Å²) in [4.78, 5) is 26.9. The fourth-order valence-corrected chi connectivity index (χ4v) is 3.75. The van der Waals surface area contributed by atoms with E-state index in [4.69, 9.17) is 9.47 Å². The van der Waals surface area contributed by atoms with Gasteiger partial charge in [-0.3, -0.25) is 9.59 Å². The Labute approximate surface area is 194 Å². The Hall–Kier alpha value is -3.80. The third-order valence-electron chi connectivity index (χ3n) is 5.57. The third kappa shape index (κ3) is 5.52. The molecule has 33 heavy (non-hydrogen) atoms.